The first-order chi connectivity index (χ1) is 18.4. The maximum absolute atomic E-state index is 13.2. The highest BCUT2D eigenvalue weighted by Gasteiger charge is 2.57. The third-order valence-corrected chi connectivity index (χ3v) is 6.59. The van der Waals surface area contributed by atoms with Gasteiger partial charge in [-0.25, -0.2) is 19.2 Å². The SMILES string of the molecule is O=C1NC(=O)C2(CCCN2c2ccc(Oc3ccc(-c4coc(-c5ccc(F)cc5)n4)cc3)nc2)C(=O)N1. The van der Waals surface area contributed by atoms with E-state index in [4.69, 9.17) is 9.15 Å². The minimum atomic E-state index is -1.48. The molecule has 2 fully saturated rings. The molecular formula is C27H20FN5O5. The number of oxazole rings is 1. The summed E-state index contributed by atoms with van der Waals surface area (Å²) in [6.45, 7) is 0.462. The van der Waals surface area contributed by atoms with Crippen LogP contribution in [0.4, 0.5) is 14.9 Å². The number of carbonyl (C=O) groups excluding carboxylic acids is 3. The second-order valence-corrected chi connectivity index (χ2v) is 8.88. The summed E-state index contributed by atoms with van der Waals surface area (Å²) in [5.74, 6) is -0.357. The van der Waals surface area contributed by atoms with Crippen molar-refractivity contribution >= 4 is 23.5 Å². The number of ether oxygens (including phenoxy) is 1. The number of imide groups is 2. The minimum absolute atomic E-state index is 0.291. The molecule has 2 aromatic carbocycles. The van der Waals surface area contributed by atoms with E-state index >= 15 is 0 Å². The Morgan fingerprint density at radius 2 is 1.63 bits per heavy atom. The van der Waals surface area contributed by atoms with Gasteiger partial charge < -0.3 is 14.1 Å². The molecule has 1 spiro atoms. The molecular weight excluding hydrogens is 493 g/mol. The normalized spacial score (nSPS) is 16.4. The highest BCUT2D eigenvalue weighted by atomic mass is 19.1. The number of aromatic nitrogens is 2. The lowest BCUT2D eigenvalue weighted by Crippen LogP contribution is -2.71. The number of nitrogens with zero attached hydrogens (tertiary/aromatic N) is 3. The van der Waals surface area contributed by atoms with Gasteiger partial charge in [0.15, 0.2) is 5.54 Å². The molecule has 2 saturated heterocycles. The maximum Gasteiger partial charge on any atom is 0.328 e. The zero-order chi connectivity index (χ0) is 26.3. The largest absolute Gasteiger partial charge is 0.444 e. The summed E-state index contributed by atoms with van der Waals surface area (Å²) in [5.41, 5.74) is 1.18. The van der Waals surface area contributed by atoms with Crippen LogP contribution < -0.4 is 20.3 Å². The Bertz CT molecular complexity index is 1510. The molecule has 2 N–H and O–H groups in total. The van der Waals surface area contributed by atoms with E-state index in [0.717, 1.165) is 5.56 Å². The van der Waals surface area contributed by atoms with Crippen molar-refractivity contribution in [3.63, 3.8) is 0 Å². The van der Waals surface area contributed by atoms with Gasteiger partial charge in [0.05, 0.1) is 11.9 Å². The number of urea groups is 1. The van der Waals surface area contributed by atoms with Crippen LogP contribution in [0, 0.1) is 5.82 Å². The van der Waals surface area contributed by atoms with Crippen molar-refractivity contribution in [2.75, 3.05) is 11.4 Å². The fraction of sp³-hybridized carbons (Fsp3) is 0.148. The molecule has 4 amide bonds. The van der Waals surface area contributed by atoms with Crippen LogP contribution in [-0.2, 0) is 9.59 Å². The second kappa shape index (κ2) is 9.11. The topological polar surface area (TPSA) is 127 Å². The van der Waals surface area contributed by atoms with Gasteiger partial charge in [-0.2, -0.15) is 0 Å². The van der Waals surface area contributed by atoms with E-state index in [1.807, 2.05) is 12.1 Å². The third-order valence-electron chi connectivity index (χ3n) is 6.59. The maximum atomic E-state index is 13.2. The van der Waals surface area contributed by atoms with Crippen molar-refractivity contribution in [2.45, 2.75) is 18.4 Å². The summed E-state index contributed by atoms with van der Waals surface area (Å²) >= 11 is 0. The fourth-order valence-electron chi connectivity index (χ4n) is 4.73. The zero-order valence-corrected chi connectivity index (χ0v) is 19.8. The highest BCUT2D eigenvalue weighted by molar-refractivity contribution is 6.24. The van der Waals surface area contributed by atoms with Crippen molar-refractivity contribution < 1.29 is 27.9 Å². The molecule has 2 aliphatic heterocycles. The van der Waals surface area contributed by atoms with Crippen molar-refractivity contribution in [2.24, 2.45) is 0 Å². The number of barbiturate groups is 1. The third kappa shape index (κ3) is 4.03. The van der Waals surface area contributed by atoms with E-state index in [2.05, 4.69) is 20.6 Å². The number of carbonyl (C=O) groups is 3. The van der Waals surface area contributed by atoms with Gasteiger partial charge in [-0.05, 0) is 67.4 Å². The number of hydrogen-bond acceptors (Lipinski definition) is 8. The monoisotopic (exact) mass is 513 g/mol. The molecule has 0 radical (unpaired) electrons. The first kappa shape index (κ1) is 23.3. The van der Waals surface area contributed by atoms with E-state index in [9.17, 15) is 18.8 Å². The summed E-state index contributed by atoms with van der Waals surface area (Å²) in [5, 5.41) is 4.39. The van der Waals surface area contributed by atoms with Gasteiger partial charge in [0.2, 0.25) is 11.8 Å². The number of benzene rings is 2. The Morgan fingerprint density at radius 3 is 2.32 bits per heavy atom. The molecule has 4 heterocycles. The van der Waals surface area contributed by atoms with E-state index in [0.29, 0.717) is 53.9 Å². The number of halogens is 1. The minimum Gasteiger partial charge on any atom is -0.444 e. The van der Waals surface area contributed by atoms with Gasteiger partial charge in [0.25, 0.3) is 11.8 Å². The van der Waals surface area contributed by atoms with E-state index in [1.54, 1.807) is 41.3 Å². The lowest BCUT2D eigenvalue weighted by atomic mass is 9.92. The van der Waals surface area contributed by atoms with Crippen molar-refractivity contribution in [1.82, 2.24) is 20.6 Å². The Morgan fingerprint density at radius 1 is 0.921 bits per heavy atom. The highest BCUT2D eigenvalue weighted by Crippen LogP contribution is 2.36. The van der Waals surface area contributed by atoms with Crippen molar-refractivity contribution in [3.8, 4) is 34.3 Å². The molecule has 0 unspecified atom stereocenters. The summed E-state index contributed by atoms with van der Waals surface area (Å²) in [6, 6.07) is 15.6. The molecule has 38 heavy (non-hydrogen) atoms. The second-order valence-electron chi connectivity index (χ2n) is 8.88. The molecule has 0 atom stereocenters. The van der Waals surface area contributed by atoms with Crippen LogP contribution in [0.5, 0.6) is 11.6 Å². The smallest absolute Gasteiger partial charge is 0.328 e. The predicted octanol–water partition coefficient (Wildman–Crippen LogP) is 4.04. The fourth-order valence-corrected chi connectivity index (χ4v) is 4.73. The van der Waals surface area contributed by atoms with Gasteiger partial charge in [0.1, 0.15) is 23.5 Å². The average molecular weight is 513 g/mol. The molecule has 190 valence electrons. The van der Waals surface area contributed by atoms with Crippen LogP contribution in [0.25, 0.3) is 22.7 Å². The van der Waals surface area contributed by atoms with Crippen LogP contribution in [0.3, 0.4) is 0 Å². The van der Waals surface area contributed by atoms with Gasteiger partial charge in [-0.1, -0.05) is 0 Å². The molecule has 10 nitrogen and oxygen atoms in total. The van der Waals surface area contributed by atoms with E-state index in [-0.39, 0.29) is 5.82 Å². The number of amides is 4. The Kier molecular flexibility index (Phi) is 5.60. The Hall–Kier alpha value is -5.06. The van der Waals surface area contributed by atoms with Gasteiger partial charge in [-0.3, -0.25) is 20.2 Å². The lowest BCUT2D eigenvalue weighted by Gasteiger charge is -2.38. The summed E-state index contributed by atoms with van der Waals surface area (Å²) in [4.78, 5) is 47.3. The summed E-state index contributed by atoms with van der Waals surface area (Å²) in [6.07, 6.45) is 3.96. The first-order valence-electron chi connectivity index (χ1n) is 11.8. The number of nitrogens with one attached hydrogen (secondary N) is 2. The Labute approximate surface area is 215 Å². The standard InChI is InChI=1S/C27H20FN5O5/c28-18-6-2-17(3-7-18)23-30-21(15-37-23)16-4-9-20(10-5-16)38-22-11-8-19(14-29-22)33-13-1-12-27(33)24(34)31-26(36)32-25(27)35/h2-11,14-15H,1,12-13H2,(H2,31,32,34,35,36). The van der Waals surface area contributed by atoms with Gasteiger partial charge >= 0.3 is 6.03 Å². The first-order valence-corrected chi connectivity index (χ1v) is 11.8. The van der Waals surface area contributed by atoms with Crippen LogP contribution in [-0.4, -0.2) is 39.9 Å². The zero-order valence-electron chi connectivity index (χ0n) is 19.8. The molecule has 6 rings (SSSR count). The predicted molar refractivity (Wildman–Crippen MR) is 133 cm³/mol. The quantitative estimate of drug-likeness (QED) is 0.383. The lowest BCUT2D eigenvalue weighted by molar-refractivity contribution is -0.137. The van der Waals surface area contributed by atoms with Gasteiger partial charge in [0, 0.05) is 23.7 Å². The summed E-state index contributed by atoms with van der Waals surface area (Å²) in [7, 11) is 0. The van der Waals surface area contributed by atoms with Gasteiger partial charge in [-0.15, -0.1) is 0 Å². The average Bonchev–Trinajstić information content (AvgIpc) is 3.58. The number of hydrogen-bond donors (Lipinski definition) is 2. The van der Waals surface area contributed by atoms with Crippen LogP contribution >= 0.6 is 0 Å². The number of anilines is 1. The molecule has 4 aromatic rings. The molecule has 2 aliphatic rings. The van der Waals surface area contributed by atoms with E-state index < -0.39 is 23.4 Å². The van der Waals surface area contributed by atoms with Crippen molar-refractivity contribution in [1.29, 1.82) is 0 Å². The van der Waals surface area contributed by atoms with Crippen LogP contribution in [0.15, 0.2) is 77.5 Å². The number of rotatable bonds is 5. The Balaban J connectivity index is 1.15. The van der Waals surface area contributed by atoms with E-state index in [1.165, 1.54) is 24.6 Å². The van der Waals surface area contributed by atoms with Crippen molar-refractivity contribution in [3.05, 3.63) is 78.9 Å². The molecule has 0 saturated carbocycles. The molecule has 0 aliphatic carbocycles. The molecule has 0 bridgehead atoms. The molecule has 11 heteroatoms. The van der Waals surface area contributed by atoms with Crippen LogP contribution in [0.1, 0.15) is 12.8 Å². The summed E-state index contributed by atoms with van der Waals surface area (Å²) < 4.78 is 24.6. The number of pyridine rings is 1. The van der Waals surface area contributed by atoms with Crippen LogP contribution in [0.2, 0.25) is 0 Å². The molecule has 2 aromatic heterocycles.